The molecule has 0 spiro atoms. The van der Waals surface area contributed by atoms with Crippen molar-refractivity contribution in [1.29, 1.82) is 0 Å². The molecule has 1 heterocycles. The number of benzene rings is 1. The average molecular weight is 438 g/mol. The standard InChI is InChI=1S/C21H30N2O6S/c1-21(2,3)29-20(26)22-12-10-14(11-13-22)23(30(27)28)18-9-8-17(19(24)25)15-6-4-5-7-16(15)18/h8-9,14H,4-7,10-13H2,1-3H3,(H,24,25)(H,27,28)/p-1. The largest absolute Gasteiger partial charge is 0.755 e. The minimum absolute atomic E-state index is 0.254. The lowest BCUT2D eigenvalue weighted by Crippen LogP contribution is -2.48. The number of rotatable bonds is 4. The molecule has 1 aliphatic heterocycles. The van der Waals surface area contributed by atoms with Gasteiger partial charge in [0.25, 0.3) is 0 Å². The molecule has 1 aromatic rings. The van der Waals surface area contributed by atoms with E-state index < -0.39 is 22.8 Å². The Morgan fingerprint density at radius 1 is 1.17 bits per heavy atom. The third-order valence-electron chi connectivity index (χ3n) is 5.59. The fraction of sp³-hybridized carbons (Fsp3) is 0.619. The minimum atomic E-state index is -2.50. The van der Waals surface area contributed by atoms with Crippen molar-refractivity contribution in [2.75, 3.05) is 17.4 Å². The van der Waals surface area contributed by atoms with Crippen molar-refractivity contribution in [3.05, 3.63) is 28.8 Å². The predicted molar refractivity (Wildman–Crippen MR) is 112 cm³/mol. The van der Waals surface area contributed by atoms with Crippen LogP contribution in [0, 0.1) is 0 Å². The average Bonchev–Trinajstić information content (AvgIpc) is 2.67. The first kappa shape index (κ1) is 22.6. The van der Waals surface area contributed by atoms with Crippen LogP contribution in [0.2, 0.25) is 0 Å². The van der Waals surface area contributed by atoms with Crippen LogP contribution in [-0.2, 0) is 28.8 Å². The number of hydrogen-bond donors (Lipinski definition) is 1. The smallest absolute Gasteiger partial charge is 0.410 e. The Morgan fingerprint density at radius 3 is 2.30 bits per heavy atom. The van der Waals surface area contributed by atoms with Gasteiger partial charge in [-0.05, 0) is 82.6 Å². The highest BCUT2D eigenvalue weighted by atomic mass is 32.2. The number of piperidine rings is 1. The summed E-state index contributed by atoms with van der Waals surface area (Å²) in [4.78, 5) is 25.5. The fourth-order valence-electron chi connectivity index (χ4n) is 4.26. The Hall–Kier alpha value is -2.13. The first-order valence-corrected chi connectivity index (χ1v) is 11.4. The van der Waals surface area contributed by atoms with Crippen LogP contribution < -0.4 is 4.31 Å². The van der Waals surface area contributed by atoms with Crippen LogP contribution >= 0.6 is 0 Å². The van der Waals surface area contributed by atoms with Gasteiger partial charge in [-0.1, -0.05) is 0 Å². The van der Waals surface area contributed by atoms with Crippen molar-refractivity contribution < 1.29 is 28.2 Å². The van der Waals surface area contributed by atoms with Gasteiger partial charge in [0.1, 0.15) is 5.60 Å². The van der Waals surface area contributed by atoms with Crippen LogP contribution in [0.1, 0.15) is 67.9 Å². The molecule has 3 rings (SSSR count). The Labute approximate surface area is 179 Å². The lowest BCUT2D eigenvalue weighted by Gasteiger charge is -2.41. The summed E-state index contributed by atoms with van der Waals surface area (Å²) >= 11 is -2.50. The molecule has 30 heavy (non-hydrogen) atoms. The van der Waals surface area contributed by atoms with E-state index in [4.69, 9.17) is 4.74 Å². The Morgan fingerprint density at radius 2 is 1.77 bits per heavy atom. The summed E-state index contributed by atoms with van der Waals surface area (Å²) in [5, 5.41) is 9.51. The summed E-state index contributed by atoms with van der Waals surface area (Å²) in [5.41, 5.74) is 1.80. The third-order valence-corrected chi connectivity index (χ3v) is 6.40. The summed E-state index contributed by atoms with van der Waals surface area (Å²) in [7, 11) is 0. The van der Waals surface area contributed by atoms with Crippen LogP contribution in [0.3, 0.4) is 0 Å². The van der Waals surface area contributed by atoms with Crippen LogP contribution in [0.25, 0.3) is 0 Å². The van der Waals surface area contributed by atoms with E-state index in [-0.39, 0.29) is 17.7 Å². The summed E-state index contributed by atoms with van der Waals surface area (Å²) in [5.74, 6) is -0.986. The topological polar surface area (TPSA) is 110 Å². The van der Waals surface area contributed by atoms with Gasteiger partial charge in [-0.25, -0.2) is 9.59 Å². The van der Waals surface area contributed by atoms with E-state index in [1.165, 1.54) is 10.4 Å². The summed E-state index contributed by atoms with van der Waals surface area (Å²) in [6.07, 6.45) is 3.69. The Balaban J connectivity index is 1.82. The zero-order chi connectivity index (χ0) is 22.1. The number of hydrogen-bond acceptors (Lipinski definition) is 5. The molecular weight excluding hydrogens is 408 g/mol. The van der Waals surface area contributed by atoms with E-state index in [2.05, 4.69) is 0 Å². The number of carbonyl (C=O) groups is 2. The number of anilines is 1. The molecule has 2 aliphatic rings. The van der Waals surface area contributed by atoms with E-state index in [9.17, 15) is 23.5 Å². The second kappa shape index (κ2) is 8.93. The number of ether oxygens (including phenoxy) is 1. The second-order valence-corrected chi connectivity index (χ2v) is 9.67. The number of aromatic carboxylic acids is 1. The van der Waals surface area contributed by atoms with Gasteiger partial charge in [0, 0.05) is 30.4 Å². The molecule has 8 nitrogen and oxygen atoms in total. The number of likely N-dealkylation sites (tertiary alicyclic amines) is 1. The molecule has 1 unspecified atom stereocenters. The van der Waals surface area contributed by atoms with Crippen molar-refractivity contribution in [3.63, 3.8) is 0 Å². The normalized spacial score (nSPS) is 18.5. The minimum Gasteiger partial charge on any atom is -0.755 e. The molecule has 1 N–H and O–H groups in total. The monoisotopic (exact) mass is 437 g/mol. The van der Waals surface area contributed by atoms with E-state index >= 15 is 0 Å². The first-order chi connectivity index (χ1) is 14.1. The van der Waals surface area contributed by atoms with Gasteiger partial charge in [0.15, 0.2) is 0 Å². The van der Waals surface area contributed by atoms with E-state index in [1.54, 1.807) is 11.0 Å². The number of carbonyl (C=O) groups excluding carboxylic acids is 1. The molecule has 1 aromatic carbocycles. The Kier molecular flexibility index (Phi) is 6.71. The second-order valence-electron chi connectivity index (χ2n) is 8.84. The fourth-order valence-corrected chi connectivity index (χ4v) is 5.05. The lowest BCUT2D eigenvalue weighted by atomic mass is 9.86. The Bertz CT molecular complexity index is 843. The van der Waals surface area contributed by atoms with E-state index in [1.807, 2.05) is 20.8 Å². The predicted octanol–water partition coefficient (Wildman–Crippen LogP) is 3.26. The molecule has 1 atom stereocenters. The highest BCUT2D eigenvalue weighted by Gasteiger charge is 2.32. The van der Waals surface area contributed by atoms with Crippen molar-refractivity contribution in [2.45, 2.75) is 70.9 Å². The number of amides is 1. The number of carboxylic acids is 1. The van der Waals surface area contributed by atoms with Crippen LogP contribution in [0.4, 0.5) is 10.5 Å². The SMILES string of the molecule is CC(C)(C)OC(=O)N1CCC(N(c2ccc(C(=O)O)c3c2CCCC3)S(=O)[O-])CC1. The number of fused-ring (bicyclic) bond motifs is 1. The van der Waals surface area contributed by atoms with Crippen LogP contribution in [0.15, 0.2) is 12.1 Å². The number of nitrogens with zero attached hydrogens (tertiary/aromatic N) is 2. The van der Waals surface area contributed by atoms with Gasteiger partial charge in [-0.15, -0.1) is 0 Å². The molecule has 166 valence electrons. The van der Waals surface area contributed by atoms with E-state index in [0.717, 1.165) is 24.0 Å². The number of carboxylic acid groups (broad SMARTS) is 1. The maximum absolute atomic E-state index is 12.3. The summed E-state index contributed by atoms with van der Waals surface area (Å²) in [6.45, 7) is 6.24. The molecule has 1 saturated heterocycles. The highest BCUT2D eigenvalue weighted by Crippen LogP contribution is 2.36. The van der Waals surface area contributed by atoms with Crippen molar-refractivity contribution in [3.8, 4) is 0 Å². The molecule has 0 aromatic heterocycles. The lowest BCUT2D eigenvalue weighted by molar-refractivity contribution is 0.0207. The zero-order valence-corrected chi connectivity index (χ0v) is 18.5. The zero-order valence-electron chi connectivity index (χ0n) is 17.7. The van der Waals surface area contributed by atoms with E-state index in [0.29, 0.717) is 44.5 Å². The molecule has 0 saturated carbocycles. The van der Waals surface area contributed by atoms with Crippen molar-refractivity contribution >= 4 is 29.0 Å². The van der Waals surface area contributed by atoms with Gasteiger partial charge >= 0.3 is 12.1 Å². The van der Waals surface area contributed by atoms with Gasteiger partial charge in [0.2, 0.25) is 0 Å². The van der Waals surface area contributed by atoms with Gasteiger partial charge in [0.05, 0.1) is 11.3 Å². The molecule has 1 fully saturated rings. The van der Waals surface area contributed by atoms with Gasteiger partial charge in [-0.2, -0.15) is 0 Å². The van der Waals surface area contributed by atoms with Crippen LogP contribution in [0.5, 0.6) is 0 Å². The quantitative estimate of drug-likeness (QED) is 0.724. The molecule has 1 amide bonds. The van der Waals surface area contributed by atoms with Gasteiger partial charge in [-0.3, -0.25) is 8.51 Å². The summed E-state index contributed by atoms with van der Waals surface area (Å²) in [6, 6.07) is 2.84. The summed E-state index contributed by atoms with van der Waals surface area (Å²) < 4.78 is 31.2. The molecule has 0 radical (unpaired) electrons. The molecule has 9 heteroatoms. The molecule has 1 aliphatic carbocycles. The maximum Gasteiger partial charge on any atom is 0.410 e. The van der Waals surface area contributed by atoms with Crippen molar-refractivity contribution in [2.24, 2.45) is 0 Å². The van der Waals surface area contributed by atoms with Crippen LogP contribution in [-0.4, -0.2) is 55.6 Å². The first-order valence-electron chi connectivity index (χ1n) is 10.3. The maximum atomic E-state index is 12.3. The third kappa shape index (κ3) is 4.95. The van der Waals surface area contributed by atoms with Gasteiger partial charge < -0.3 is 19.3 Å². The molecular formula is C21H29N2O6S-. The highest BCUT2D eigenvalue weighted by molar-refractivity contribution is 7.80. The van der Waals surface area contributed by atoms with Crippen molar-refractivity contribution in [1.82, 2.24) is 4.90 Å². The molecule has 0 bridgehead atoms.